The van der Waals surface area contributed by atoms with Gasteiger partial charge in [0.2, 0.25) is 10.0 Å². The van der Waals surface area contributed by atoms with E-state index < -0.39 is 10.0 Å². The van der Waals surface area contributed by atoms with Gasteiger partial charge in [0.15, 0.2) is 0 Å². The van der Waals surface area contributed by atoms with Crippen molar-refractivity contribution < 1.29 is 8.42 Å². The number of sulfonamides is 1. The molecule has 2 N–H and O–H groups in total. The van der Waals surface area contributed by atoms with Gasteiger partial charge in [-0.1, -0.05) is 18.9 Å². The molecule has 4 nitrogen and oxygen atoms in total. The first-order valence-electron chi connectivity index (χ1n) is 7.48. The highest BCUT2D eigenvalue weighted by Crippen LogP contribution is 2.28. The van der Waals surface area contributed by atoms with Crippen LogP contribution in [0.3, 0.4) is 0 Å². The second-order valence-corrected chi connectivity index (χ2v) is 8.61. The predicted octanol–water partition coefficient (Wildman–Crippen LogP) is 2.24. The van der Waals surface area contributed by atoms with Gasteiger partial charge in [-0.3, -0.25) is 0 Å². The highest BCUT2D eigenvalue weighted by Gasteiger charge is 2.29. The Bertz CT molecular complexity index is 616. The fourth-order valence-corrected chi connectivity index (χ4v) is 5.60. The minimum absolute atomic E-state index is 0.0603. The summed E-state index contributed by atoms with van der Waals surface area (Å²) < 4.78 is 28.2. The van der Waals surface area contributed by atoms with Crippen molar-refractivity contribution in [1.29, 1.82) is 0 Å². The van der Waals surface area contributed by atoms with E-state index >= 15 is 0 Å². The second-order valence-electron chi connectivity index (χ2n) is 5.82. The van der Waals surface area contributed by atoms with Gasteiger partial charge in [0.1, 0.15) is 0 Å². The SMILES string of the molecule is CSC1CCCCC1NS(=O)(=O)c1ccc2c(c1)CNC2. The number of fused-ring (bicyclic) bond motifs is 1. The van der Waals surface area contributed by atoms with Crippen LogP contribution in [-0.2, 0) is 23.1 Å². The molecule has 1 aliphatic heterocycles. The van der Waals surface area contributed by atoms with Crippen molar-refractivity contribution in [3.05, 3.63) is 29.3 Å². The molecule has 1 aromatic rings. The van der Waals surface area contributed by atoms with E-state index in [0.29, 0.717) is 10.1 Å². The van der Waals surface area contributed by atoms with Crippen molar-refractivity contribution in [1.82, 2.24) is 10.0 Å². The molecule has 1 heterocycles. The highest BCUT2D eigenvalue weighted by atomic mass is 32.2. The zero-order chi connectivity index (χ0) is 14.9. The Labute approximate surface area is 131 Å². The van der Waals surface area contributed by atoms with Gasteiger partial charge >= 0.3 is 0 Å². The van der Waals surface area contributed by atoms with E-state index in [1.54, 1.807) is 17.8 Å². The number of nitrogens with one attached hydrogen (secondary N) is 2. The lowest BCUT2D eigenvalue weighted by Gasteiger charge is -2.30. The van der Waals surface area contributed by atoms with Crippen molar-refractivity contribution in [2.45, 2.75) is 55.0 Å². The lowest BCUT2D eigenvalue weighted by Crippen LogP contribution is -2.43. The molecule has 2 unspecified atom stereocenters. The van der Waals surface area contributed by atoms with Crippen molar-refractivity contribution in [3.8, 4) is 0 Å². The van der Waals surface area contributed by atoms with E-state index in [4.69, 9.17) is 0 Å². The molecule has 0 aromatic heterocycles. The standard InChI is InChI=1S/C15H22N2O2S2/c1-20-15-5-3-2-4-14(15)17-21(18,19)13-7-6-11-9-16-10-12(11)8-13/h6-8,14-17H,2-5,9-10H2,1H3. The van der Waals surface area contributed by atoms with Crippen LogP contribution in [0.25, 0.3) is 0 Å². The average molecular weight is 326 g/mol. The van der Waals surface area contributed by atoms with Gasteiger partial charge in [-0.25, -0.2) is 13.1 Å². The Balaban J connectivity index is 1.80. The fraction of sp³-hybridized carbons (Fsp3) is 0.600. The summed E-state index contributed by atoms with van der Waals surface area (Å²) in [6, 6.07) is 5.53. The molecule has 1 aromatic carbocycles. The summed E-state index contributed by atoms with van der Waals surface area (Å²) in [5.74, 6) is 0. The Morgan fingerprint density at radius 3 is 2.76 bits per heavy atom. The fourth-order valence-electron chi connectivity index (χ4n) is 3.22. The van der Waals surface area contributed by atoms with Crippen molar-refractivity contribution in [2.24, 2.45) is 0 Å². The van der Waals surface area contributed by atoms with Crippen LogP contribution in [-0.4, -0.2) is 26.0 Å². The number of hydrogen-bond acceptors (Lipinski definition) is 4. The Morgan fingerprint density at radius 1 is 1.19 bits per heavy atom. The van der Waals surface area contributed by atoms with Crippen LogP contribution in [0.4, 0.5) is 0 Å². The molecular weight excluding hydrogens is 304 g/mol. The first kappa shape index (κ1) is 15.3. The van der Waals surface area contributed by atoms with Gasteiger partial charge in [-0.05, 0) is 42.4 Å². The molecule has 0 radical (unpaired) electrons. The Hall–Kier alpha value is -0.560. The molecule has 2 aliphatic rings. The maximum atomic E-state index is 12.6. The molecule has 116 valence electrons. The van der Waals surface area contributed by atoms with E-state index in [1.807, 2.05) is 12.1 Å². The zero-order valence-corrected chi connectivity index (χ0v) is 13.9. The van der Waals surface area contributed by atoms with E-state index in [9.17, 15) is 8.42 Å². The zero-order valence-electron chi connectivity index (χ0n) is 12.3. The third-order valence-corrected chi connectivity index (χ3v) is 7.09. The van der Waals surface area contributed by atoms with Crippen LogP contribution in [0, 0.1) is 0 Å². The number of thioether (sulfide) groups is 1. The summed E-state index contributed by atoms with van der Waals surface area (Å²) in [7, 11) is -3.42. The van der Waals surface area contributed by atoms with E-state index in [1.165, 1.54) is 12.0 Å². The summed E-state index contributed by atoms with van der Waals surface area (Å²) in [5, 5.41) is 3.64. The van der Waals surface area contributed by atoms with Crippen LogP contribution in [0.2, 0.25) is 0 Å². The minimum Gasteiger partial charge on any atom is -0.309 e. The molecule has 21 heavy (non-hydrogen) atoms. The van der Waals surface area contributed by atoms with Gasteiger partial charge in [0, 0.05) is 24.4 Å². The Kier molecular flexibility index (Phi) is 4.59. The predicted molar refractivity (Wildman–Crippen MR) is 86.9 cm³/mol. The van der Waals surface area contributed by atoms with E-state index in [2.05, 4.69) is 16.3 Å². The summed E-state index contributed by atoms with van der Waals surface area (Å²) in [5.41, 5.74) is 2.30. The van der Waals surface area contributed by atoms with Crippen LogP contribution in [0.1, 0.15) is 36.8 Å². The van der Waals surface area contributed by atoms with Crippen molar-refractivity contribution in [2.75, 3.05) is 6.26 Å². The molecule has 0 bridgehead atoms. The van der Waals surface area contributed by atoms with Gasteiger partial charge in [0.05, 0.1) is 4.90 Å². The quantitative estimate of drug-likeness (QED) is 0.891. The van der Waals surface area contributed by atoms with E-state index in [-0.39, 0.29) is 6.04 Å². The maximum Gasteiger partial charge on any atom is 0.240 e. The Morgan fingerprint density at radius 2 is 1.95 bits per heavy atom. The summed E-state index contributed by atoms with van der Waals surface area (Å²) in [4.78, 5) is 0.398. The topological polar surface area (TPSA) is 58.2 Å². The molecule has 0 amide bonds. The summed E-state index contributed by atoms with van der Waals surface area (Å²) >= 11 is 1.77. The van der Waals surface area contributed by atoms with Crippen molar-refractivity contribution in [3.63, 3.8) is 0 Å². The molecular formula is C15H22N2O2S2. The van der Waals surface area contributed by atoms with Gasteiger partial charge in [-0.2, -0.15) is 11.8 Å². The van der Waals surface area contributed by atoms with E-state index in [0.717, 1.165) is 37.9 Å². The smallest absolute Gasteiger partial charge is 0.240 e. The second kappa shape index (κ2) is 6.28. The average Bonchev–Trinajstić information content (AvgIpc) is 2.95. The molecule has 1 saturated carbocycles. The molecule has 1 aliphatic carbocycles. The third kappa shape index (κ3) is 3.28. The van der Waals surface area contributed by atoms with Crippen LogP contribution >= 0.6 is 11.8 Å². The number of rotatable bonds is 4. The van der Waals surface area contributed by atoms with Crippen LogP contribution in [0.15, 0.2) is 23.1 Å². The van der Waals surface area contributed by atoms with Gasteiger partial charge in [-0.15, -0.1) is 0 Å². The molecule has 3 rings (SSSR count). The molecule has 2 atom stereocenters. The molecule has 6 heteroatoms. The molecule has 1 fully saturated rings. The first-order valence-corrected chi connectivity index (χ1v) is 10.2. The first-order chi connectivity index (χ1) is 10.1. The number of benzene rings is 1. The molecule has 0 spiro atoms. The maximum absolute atomic E-state index is 12.6. The monoisotopic (exact) mass is 326 g/mol. The number of hydrogen-bond donors (Lipinski definition) is 2. The largest absolute Gasteiger partial charge is 0.309 e. The highest BCUT2D eigenvalue weighted by molar-refractivity contribution is 7.99. The lowest BCUT2D eigenvalue weighted by molar-refractivity contribution is 0.423. The van der Waals surface area contributed by atoms with Crippen molar-refractivity contribution >= 4 is 21.8 Å². The normalized spacial score (nSPS) is 25.8. The molecule has 0 saturated heterocycles. The van der Waals surface area contributed by atoms with Crippen LogP contribution < -0.4 is 10.0 Å². The minimum atomic E-state index is -3.42. The summed E-state index contributed by atoms with van der Waals surface area (Å²) in [6.45, 7) is 1.59. The van der Waals surface area contributed by atoms with Gasteiger partial charge < -0.3 is 5.32 Å². The lowest BCUT2D eigenvalue weighted by atomic mass is 9.96. The van der Waals surface area contributed by atoms with Crippen LogP contribution in [0.5, 0.6) is 0 Å². The third-order valence-electron chi connectivity index (χ3n) is 4.43. The summed E-state index contributed by atoms with van der Waals surface area (Å²) in [6.07, 6.45) is 6.42. The van der Waals surface area contributed by atoms with Gasteiger partial charge in [0.25, 0.3) is 0 Å².